The highest BCUT2D eigenvalue weighted by Gasteiger charge is 2.28. The summed E-state index contributed by atoms with van der Waals surface area (Å²) in [6.07, 6.45) is 6.03. The highest BCUT2D eigenvalue weighted by molar-refractivity contribution is 7.09. The molecule has 0 aliphatic carbocycles. The summed E-state index contributed by atoms with van der Waals surface area (Å²) < 4.78 is 0. The molecule has 1 unspecified atom stereocenters. The van der Waals surface area contributed by atoms with Crippen LogP contribution >= 0.6 is 11.3 Å². The first-order valence-corrected chi connectivity index (χ1v) is 7.14. The molecule has 88 valence electrons. The normalized spacial score (nSPS) is 27.9. The predicted octanol–water partition coefficient (Wildman–Crippen LogP) is 1.81. The molecule has 1 aromatic rings. The van der Waals surface area contributed by atoms with Crippen LogP contribution in [0.1, 0.15) is 24.3 Å². The van der Waals surface area contributed by atoms with Crippen molar-refractivity contribution in [1.29, 1.82) is 0 Å². The molecule has 3 heterocycles. The minimum atomic E-state index is 0.822. The molecule has 3 rings (SSSR count). The lowest BCUT2D eigenvalue weighted by molar-refractivity contribution is 0.215. The van der Waals surface area contributed by atoms with E-state index in [0.29, 0.717) is 0 Å². The molecule has 0 radical (unpaired) electrons. The Kier molecular flexibility index (Phi) is 3.22. The lowest BCUT2D eigenvalue weighted by atomic mass is 10.2. The Morgan fingerprint density at radius 3 is 3.12 bits per heavy atom. The molecule has 1 aromatic heterocycles. The molecule has 0 saturated carbocycles. The number of hydrogen-bond donors (Lipinski definition) is 0. The van der Waals surface area contributed by atoms with Gasteiger partial charge in [0.1, 0.15) is 5.01 Å². The van der Waals surface area contributed by atoms with Gasteiger partial charge in [0.15, 0.2) is 0 Å². The van der Waals surface area contributed by atoms with Gasteiger partial charge in [0.2, 0.25) is 0 Å². The number of fused-ring (bicyclic) bond motifs is 1. The van der Waals surface area contributed by atoms with Gasteiger partial charge < -0.3 is 0 Å². The summed E-state index contributed by atoms with van der Waals surface area (Å²) in [6.45, 7) is 6.18. The highest BCUT2D eigenvalue weighted by atomic mass is 32.1. The van der Waals surface area contributed by atoms with Gasteiger partial charge in [-0.3, -0.25) is 9.80 Å². The molecule has 1 atom stereocenters. The summed E-state index contributed by atoms with van der Waals surface area (Å²) in [6, 6.07) is 0.822. The summed E-state index contributed by atoms with van der Waals surface area (Å²) >= 11 is 1.78. The Morgan fingerprint density at radius 1 is 1.31 bits per heavy atom. The Balaban J connectivity index is 1.63. The third-order valence-corrected chi connectivity index (χ3v) is 4.49. The summed E-state index contributed by atoms with van der Waals surface area (Å²) in [5, 5.41) is 3.35. The molecule has 0 N–H and O–H groups in total. The van der Waals surface area contributed by atoms with E-state index in [1.807, 2.05) is 6.20 Å². The third kappa shape index (κ3) is 2.29. The highest BCUT2D eigenvalue weighted by Crippen LogP contribution is 2.22. The van der Waals surface area contributed by atoms with Crippen LogP contribution in [-0.2, 0) is 6.54 Å². The molecular formula is C12H19N3S. The van der Waals surface area contributed by atoms with Gasteiger partial charge in [-0.25, -0.2) is 4.98 Å². The van der Waals surface area contributed by atoms with Crippen LogP contribution in [0.25, 0.3) is 0 Å². The fourth-order valence-electron chi connectivity index (χ4n) is 2.95. The van der Waals surface area contributed by atoms with Crippen molar-refractivity contribution in [2.75, 3.05) is 26.2 Å². The maximum atomic E-state index is 4.39. The smallest absolute Gasteiger partial charge is 0.107 e. The largest absolute Gasteiger partial charge is 0.299 e. The summed E-state index contributed by atoms with van der Waals surface area (Å²) in [5.41, 5.74) is 0. The number of aromatic nitrogens is 1. The van der Waals surface area contributed by atoms with Crippen molar-refractivity contribution in [2.24, 2.45) is 0 Å². The van der Waals surface area contributed by atoms with Crippen molar-refractivity contribution in [3.05, 3.63) is 16.6 Å². The average Bonchev–Trinajstić information content (AvgIpc) is 2.88. The fourth-order valence-corrected chi connectivity index (χ4v) is 3.61. The maximum absolute atomic E-state index is 4.39. The molecule has 3 nitrogen and oxygen atoms in total. The van der Waals surface area contributed by atoms with Crippen molar-refractivity contribution in [3.8, 4) is 0 Å². The minimum Gasteiger partial charge on any atom is -0.299 e. The molecule has 0 aromatic carbocycles. The molecule has 0 bridgehead atoms. The first-order valence-electron chi connectivity index (χ1n) is 6.26. The van der Waals surface area contributed by atoms with Crippen LogP contribution in [0, 0.1) is 0 Å². The quantitative estimate of drug-likeness (QED) is 0.782. The zero-order valence-electron chi connectivity index (χ0n) is 9.64. The summed E-state index contributed by atoms with van der Waals surface area (Å²) in [5.74, 6) is 0. The topological polar surface area (TPSA) is 19.4 Å². The molecule has 2 fully saturated rings. The minimum absolute atomic E-state index is 0.822. The molecule has 2 saturated heterocycles. The molecule has 2 aliphatic heterocycles. The second-order valence-corrected chi connectivity index (χ2v) is 5.83. The van der Waals surface area contributed by atoms with Crippen LogP contribution in [0.2, 0.25) is 0 Å². The van der Waals surface area contributed by atoms with Gasteiger partial charge in [-0.15, -0.1) is 11.3 Å². The Labute approximate surface area is 101 Å². The molecule has 0 amide bonds. The Bertz CT molecular complexity index is 325. The number of rotatable bonds is 2. The van der Waals surface area contributed by atoms with E-state index >= 15 is 0 Å². The van der Waals surface area contributed by atoms with E-state index in [4.69, 9.17) is 0 Å². The first kappa shape index (κ1) is 10.7. The van der Waals surface area contributed by atoms with Crippen LogP contribution in [0.4, 0.5) is 0 Å². The molecule has 16 heavy (non-hydrogen) atoms. The second kappa shape index (κ2) is 4.82. The average molecular weight is 237 g/mol. The van der Waals surface area contributed by atoms with E-state index in [1.165, 1.54) is 50.4 Å². The first-order chi connectivity index (χ1) is 7.92. The van der Waals surface area contributed by atoms with Crippen LogP contribution in [0.5, 0.6) is 0 Å². The number of hydrogen-bond acceptors (Lipinski definition) is 4. The standard InChI is InChI=1S/C12H19N3S/c1-3-11-9-14(5-2-7-15(11)6-1)10-12-13-4-8-16-12/h4,8,11H,1-3,5-7,9-10H2. The zero-order valence-corrected chi connectivity index (χ0v) is 10.5. The van der Waals surface area contributed by atoms with Crippen molar-refractivity contribution in [3.63, 3.8) is 0 Å². The Morgan fingerprint density at radius 2 is 2.25 bits per heavy atom. The van der Waals surface area contributed by atoms with Crippen LogP contribution in [-0.4, -0.2) is 47.0 Å². The van der Waals surface area contributed by atoms with Gasteiger partial charge in [-0.1, -0.05) is 0 Å². The molecule has 0 spiro atoms. The van der Waals surface area contributed by atoms with E-state index in [2.05, 4.69) is 20.2 Å². The van der Waals surface area contributed by atoms with Crippen LogP contribution in [0.15, 0.2) is 11.6 Å². The van der Waals surface area contributed by atoms with Gasteiger partial charge in [0.25, 0.3) is 0 Å². The molecular weight excluding hydrogens is 218 g/mol. The SMILES string of the molecule is c1csc(CN2CCCN3CCCC3C2)n1. The van der Waals surface area contributed by atoms with Gasteiger partial charge >= 0.3 is 0 Å². The third-order valence-electron chi connectivity index (χ3n) is 3.73. The molecule has 2 aliphatic rings. The molecule has 4 heteroatoms. The summed E-state index contributed by atoms with van der Waals surface area (Å²) in [4.78, 5) is 9.66. The van der Waals surface area contributed by atoms with Crippen molar-refractivity contribution in [1.82, 2.24) is 14.8 Å². The van der Waals surface area contributed by atoms with Crippen molar-refractivity contribution < 1.29 is 0 Å². The van der Waals surface area contributed by atoms with Crippen LogP contribution in [0.3, 0.4) is 0 Å². The van der Waals surface area contributed by atoms with Crippen molar-refractivity contribution in [2.45, 2.75) is 31.8 Å². The van der Waals surface area contributed by atoms with Gasteiger partial charge in [0, 0.05) is 24.2 Å². The van der Waals surface area contributed by atoms with E-state index < -0.39 is 0 Å². The van der Waals surface area contributed by atoms with Crippen molar-refractivity contribution >= 4 is 11.3 Å². The lowest BCUT2D eigenvalue weighted by Crippen LogP contribution is -2.36. The lowest BCUT2D eigenvalue weighted by Gasteiger charge is -2.24. The van der Waals surface area contributed by atoms with E-state index in [-0.39, 0.29) is 0 Å². The zero-order chi connectivity index (χ0) is 10.8. The van der Waals surface area contributed by atoms with Gasteiger partial charge in [-0.05, 0) is 38.9 Å². The number of thiazole rings is 1. The van der Waals surface area contributed by atoms with E-state index in [1.54, 1.807) is 11.3 Å². The second-order valence-electron chi connectivity index (χ2n) is 4.85. The number of nitrogens with zero attached hydrogens (tertiary/aromatic N) is 3. The Hall–Kier alpha value is -0.450. The van der Waals surface area contributed by atoms with Gasteiger partial charge in [-0.2, -0.15) is 0 Å². The summed E-state index contributed by atoms with van der Waals surface area (Å²) in [7, 11) is 0. The maximum Gasteiger partial charge on any atom is 0.107 e. The fraction of sp³-hybridized carbons (Fsp3) is 0.750. The van der Waals surface area contributed by atoms with E-state index in [9.17, 15) is 0 Å². The van der Waals surface area contributed by atoms with Gasteiger partial charge in [0.05, 0.1) is 6.54 Å². The monoisotopic (exact) mass is 237 g/mol. The van der Waals surface area contributed by atoms with E-state index in [0.717, 1.165) is 12.6 Å². The van der Waals surface area contributed by atoms with Crippen LogP contribution < -0.4 is 0 Å². The predicted molar refractivity (Wildman–Crippen MR) is 66.6 cm³/mol.